The Bertz CT molecular complexity index is 1200. The van der Waals surface area contributed by atoms with Gasteiger partial charge in [-0.2, -0.15) is 4.99 Å². The summed E-state index contributed by atoms with van der Waals surface area (Å²) in [5.74, 6) is -0.723. The number of pyridine rings is 1. The van der Waals surface area contributed by atoms with Crippen LogP contribution in [0.15, 0.2) is 82.8 Å². The van der Waals surface area contributed by atoms with Gasteiger partial charge >= 0.3 is 0 Å². The molecule has 1 amide bonds. The predicted molar refractivity (Wildman–Crippen MR) is 119 cm³/mol. The van der Waals surface area contributed by atoms with Crippen molar-refractivity contribution in [2.45, 2.75) is 13.1 Å². The molecule has 0 aliphatic carbocycles. The van der Waals surface area contributed by atoms with Crippen LogP contribution in [0.3, 0.4) is 0 Å². The normalized spacial score (nSPS) is 15.9. The summed E-state index contributed by atoms with van der Waals surface area (Å²) >= 11 is 0. The zero-order valence-electron chi connectivity index (χ0n) is 16.7. The summed E-state index contributed by atoms with van der Waals surface area (Å²) in [6, 6.07) is 21.7. The van der Waals surface area contributed by atoms with Crippen LogP contribution >= 0.6 is 0 Å². The predicted octanol–water partition coefficient (Wildman–Crippen LogP) is 2.86. The van der Waals surface area contributed by atoms with Crippen LogP contribution < -0.4 is 11.1 Å². The third-order valence-electron chi connectivity index (χ3n) is 4.55. The molecule has 0 saturated carbocycles. The van der Waals surface area contributed by atoms with Crippen LogP contribution in [0.4, 0.5) is 5.69 Å². The Hall–Kier alpha value is -4.33. The molecule has 1 aliphatic rings. The van der Waals surface area contributed by atoms with Crippen molar-refractivity contribution >= 4 is 29.2 Å². The van der Waals surface area contributed by atoms with Crippen molar-refractivity contribution in [2.24, 2.45) is 15.7 Å². The summed E-state index contributed by atoms with van der Waals surface area (Å²) in [4.78, 5) is 25.7. The lowest BCUT2D eigenvalue weighted by molar-refractivity contribution is -0.117. The topological polar surface area (TPSA) is 126 Å². The van der Waals surface area contributed by atoms with Gasteiger partial charge in [0.2, 0.25) is 12.1 Å². The van der Waals surface area contributed by atoms with Crippen molar-refractivity contribution in [1.29, 1.82) is 5.41 Å². The highest BCUT2D eigenvalue weighted by atomic mass is 16.5. The fraction of sp³-hybridized carbons (Fsp3) is 0.0870. The largest absolute Gasteiger partial charge is 0.405 e. The van der Waals surface area contributed by atoms with Crippen molar-refractivity contribution < 1.29 is 9.53 Å². The molecule has 0 saturated heterocycles. The van der Waals surface area contributed by atoms with Gasteiger partial charge in [0.25, 0.3) is 11.9 Å². The van der Waals surface area contributed by atoms with Gasteiger partial charge in [0, 0.05) is 16.8 Å². The number of benzodiazepines with no additional fused rings is 1. The van der Waals surface area contributed by atoms with E-state index in [0.717, 1.165) is 16.8 Å². The number of nitrogens with two attached hydrogens (primary N) is 1. The number of rotatable bonds is 3. The lowest BCUT2D eigenvalue weighted by Gasteiger charge is -2.10. The van der Waals surface area contributed by atoms with Crippen molar-refractivity contribution in [3.63, 3.8) is 0 Å². The first kappa shape index (κ1) is 20.0. The molecule has 1 atom stereocenters. The Kier molecular flexibility index (Phi) is 5.53. The van der Waals surface area contributed by atoms with Gasteiger partial charge in [-0.1, -0.05) is 54.6 Å². The number of hydrogen-bond acceptors (Lipinski definition) is 6. The quantitative estimate of drug-likeness (QED) is 0.452. The van der Waals surface area contributed by atoms with E-state index >= 15 is 0 Å². The molecule has 8 heteroatoms. The smallest absolute Gasteiger partial charge is 0.291 e. The molecule has 4 N–H and O–H groups in total. The number of fused-ring (bicyclic) bond motifs is 1. The number of hydrogen-bond donors (Lipinski definition) is 3. The Labute approximate surface area is 179 Å². The molecule has 154 valence electrons. The van der Waals surface area contributed by atoms with Crippen LogP contribution in [0.1, 0.15) is 22.5 Å². The zero-order chi connectivity index (χ0) is 21.8. The van der Waals surface area contributed by atoms with E-state index in [0.29, 0.717) is 17.1 Å². The third kappa shape index (κ3) is 4.48. The van der Waals surface area contributed by atoms with Crippen LogP contribution in [0, 0.1) is 12.3 Å². The van der Waals surface area contributed by atoms with Gasteiger partial charge in [-0.25, -0.2) is 9.98 Å². The van der Waals surface area contributed by atoms with E-state index in [4.69, 9.17) is 15.9 Å². The van der Waals surface area contributed by atoms with E-state index in [1.807, 2.05) is 61.5 Å². The number of amidine groups is 1. The monoisotopic (exact) mass is 412 g/mol. The molecule has 1 aliphatic heterocycles. The van der Waals surface area contributed by atoms with E-state index in [1.165, 1.54) is 0 Å². The number of nitrogens with zero attached hydrogens (tertiary/aromatic N) is 3. The van der Waals surface area contributed by atoms with Gasteiger partial charge in [0.15, 0.2) is 0 Å². The van der Waals surface area contributed by atoms with Gasteiger partial charge < -0.3 is 15.8 Å². The summed E-state index contributed by atoms with van der Waals surface area (Å²) in [5, 5.41) is 10.9. The maximum Gasteiger partial charge on any atom is 0.291 e. The fourth-order valence-corrected chi connectivity index (χ4v) is 3.13. The molecule has 0 spiro atoms. The molecular formula is C23H20N6O2. The second-order valence-electron chi connectivity index (χ2n) is 6.81. The summed E-state index contributed by atoms with van der Waals surface area (Å²) in [6.07, 6.45) is -1.18. The first-order valence-electron chi connectivity index (χ1n) is 9.58. The maximum atomic E-state index is 12.8. The number of aryl methyl sites for hydroxylation is 1. The molecule has 2 aromatic carbocycles. The average Bonchev–Trinajstić information content (AvgIpc) is 2.90. The van der Waals surface area contributed by atoms with E-state index < -0.39 is 12.1 Å². The lowest BCUT2D eigenvalue weighted by Crippen LogP contribution is -2.29. The Balaban J connectivity index is 1.67. The number of ether oxygens (including phenoxy) is 1. The maximum absolute atomic E-state index is 12.8. The molecule has 1 aromatic heterocycles. The number of carbonyl (C=O) groups is 1. The first-order valence-corrected chi connectivity index (χ1v) is 9.58. The highest BCUT2D eigenvalue weighted by Gasteiger charge is 2.26. The summed E-state index contributed by atoms with van der Waals surface area (Å²) in [6.45, 7) is 1.81. The summed E-state index contributed by atoms with van der Waals surface area (Å²) in [7, 11) is 0. The molecule has 8 nitrogen and oxygen atoms in total. The van der Waals surface area contributed by atoms with Gasteiger partial charge in [-0.05, 0) is 25.1 Å². The van der Waals surface area contributed by atoms with Crippen molar-refractivity contribution in [2.75, 3.05) is 5.32 Å². The van der Waals surface area contributed by atoms with Crippen molar-refractivity contribution in [3.8, 4) is 0 Å². The van der Waals surface area contributed by atoms with E-state index in [1.54, 1.807) is 18.2 Å². The van der Waals surface area contributed by atoms with Crippen LogP contribution in [0.25, 0.3) is 0 Å². The van der Waals surface area contributed by atoms with Crippen LogP contribution in [0.2, 0.25) is 0 Å². The summed E-state index contributed by atoms with van der Waals surface area (Å²) in [5.41, 5.74) is 9.78. The van der Waals surface area contributed by atoms with Crippen molar-refractivity contribution in [3.05, 3.63) is 95.3 Å². The number of carbonyl (C=O) groups excluding carboxylic acids is 1. The van der Waals surface area contributed by atoms with E-state index in [2.05, 4.69) is 20.3 Å². The number of aliphatic imine (C=N–C) groups is 2. The molecule has 2 heterocycles. The highest BCUT2D eigenvalue weighted by Crippen LogP contribution is 2.24. The Morgan fingerprint density at radius 1 is 1.06 bits per heavy atom. The number of amides is 1. The fourth-order valence-electron chi connectivity index (χ4n) is 3.13. The minimum absolute atomic E-state index is 0.269. The summed E-state index contributed by atoms with van der Waals surface area (Å²) < 4.78 is 5.30. The van der Waals surface area contributed by atoms with Crippen molar-refractivity contribution in [1.82, 2.24) is 4.98 Å². The van der Waals surface area contributed by atoms with Crippen LogP contribution in [-0.4, -0.2) is 34.7 Å². The number of benzene rings is 2. The second kappa shape index (κ2) is 8.58. The van der Waals surface area contributed by atoms with E-state index in [-0.39, 0.29) is 11.9 Å². The van der Waals surface area contributed by atoms with Gasteiger partial charge in [-0.15, -0.1) is 0 Å². The van der Waals surface area contributed by atoms with Gasteiger partial charge in [-0.3, -0.25) is 10.2 Å². The minimum atomic E-state index is -1.18. The number of anilines is 1. The molecule has 0 bridgehead atoms. The molecular weight excluding hydrogens is 392 g/mol. The number of nitrogens with one attached hydrogen (secondary N) is 2. The van der Waals surface area contributed by atoms with Gasteiger partial charge in [0.05, 0.1) is 11.4 Å². The first-order chi connectivity index (χ1) is 15.0. The molecule has 0 radical (unpaired) electrons. The third-order valence-corrected chi connectivity index (χ3v) is 4.55. The average molecular weight is 412 g/mol. The molecule has 4 rings (SSSR count). The molecule has 3 aromatic rings. The standard InChI is InChI=1S/C23H20N6O2/c1-14-8-7-13-18(26-14)20(24)31-23(25)29-21-22(30)27-17-12-6-5-11-16(17)19(28-21)15-9-3-2-4-10-15/h2-13,21,24H,1H3,(H2,25,29)(H,27,30). The zero-order valence-corrected chi connectivity index (χ0v) is 16.7. The lowest BCUT2D eigenvalue weighted by atomic mass is 10.0. The SMILES string of the molecule is Cc1cccc(C(=N)O/C(N)=N/C2N=C(c3ccccc3)c3ccccc3NC2=O)n1. The minimum Gasteiger partial charge on any atom is -0.405 e. The highest BCUT2D eigenvalue weighted by molar-refractivity contribution is 6.19. The molecule has 1 unspecified atom stereocenters. The second-order valence-corrected chi connectivity index (χ2v) is 6.81. The van der Waals surface area contributed by atoms with Gasteiger partial charge in [0.1, 0.15) is 5.69 Å². The molecule has 0 fully saturated rings. The number of para-hydroxylation sites is 1. The number of aromatic nitrogens is 1. The Morgan fingerprint density at radius 2 is 1.81 bits per heavy atom. The molecule has 31 heavy (non-hydrogen) atoms. The van der Waals surface area contributed by atoms with E-state index in [9.17, 15) is 4.79 Å². The Morgan fingerprint density at radius 3 is 2.58 bits per heavy atom. The van der Waals surface area contributed by atoms with Crippen LogP contribution in [-0.2, 0) is 9.53 Å². The van der Waals surface area contributed by atoms with Crippen LogP contribution in [0.5, 0.6) is 0 Å².